The van der Waals surface area contributed by atoms with Crippen molar-refractivity contribution in [2.24, 2.45) is 30.7 Å². The smallest absolute Gasteiger partial charge is 0.296 e. The lowest BCUT2D eigenvalue weighted by molar-refractivity contribution is 0.450. The van der Waals surface area contributed by atoms with E-state index in [1.165, 1.54) is 48.5 Å². The van der Waals surface area contributed by atoms with Crippen LogP contribution in [0.25, 0.3) is 10.8 Å². The summed E-state index contributed by atoms with van der Waals surface area (Å²) in [6.07, 6.45) is 0. The molecule has 0 saturated heterocycles. The quantitative estimate of drug-likeness (QED) is 0.0640. The van der Waals surface area contributed by atoms with Crippen LogP contribution in [0.2, 0.25) is 0 Å². The number of hydrogen-bond donors (Lipinski definition) is 7. The monoisotopic (exact) mass is 680 g/mol. The van der Waals surface area contributed by atoms with Crippen LogP contribution in [0.1, 0.15) is 0 Å². The van der Waals surface area contributed by atoms with Crippen LogP contribution in [0.3, 0.4) is 0 Å². The van der Waals surface area contributed by atoms with Crippen molar-refractivity contribution in [1.82, 2.24) is 0 Å². The molecule has 0 heterocycles. The molecule has 47 heavy (non-hydrogen) atoms. The van der Waals surface area contributed by atoms with E-state index in [0.29, 0.717) is 0 Å². The second-order valence-electron chi connectivity index (χ2n) is 9.53. The summed E-state index contributed by atoms with van der Waals surface area (Å²) >= 11 is 0. The second kappa shape index (κ2) is 12.4. The Hall–Kier alpha value is -6.02. The molecular weight excluding hydrogens is 660 g/mol. The lowest BCUT2D eigenvalue weighted by Crippen LogP contribution is -2.01. The zero-order valence-electron chi connectivity index (χ0n) is 23.3. The largest absolute Gasteiger partial charge is 0.508 e. The van der Waals surface area contributed by atoms with Crippen LogP contribution in [0, 0.1) is 0 Å². The van der Waals surface area contributed by atoms with Gasteiger partial charge in [0.05, 0.1) is 27.3 Å². The predicted octanol–water partition coefficient (Wildman–Crippen LogP) is 7.11. The van der Waals surface area contributed by atoms with Gasteiger partial charge in [-0.3, -0.25) is 9.11 Å². The Balaban J connectivity index is 1.64. The fourth-order valence-electron chi connectivity index (χ4n) is 4.10. The lowest BCUT2D eigenvalue weighted by atomic mass is 10.1. The van der Waals surface area contributed by atoms with Gasteiger partial charge in [0, 0.05) is 12.1 Å². The Morgan fingerprint density at radius 1 is 0.511 bits per heavy atom. The minimum absolute atomic E-state index is 0.0412. The van der Waals surface area contributed by atoms with Crippen LogP contribution in [0.15, 0.2) is 119 Å². The number of fused-ring (bicyclic) bond motifs is 1. The number of hydrogen-bond acceptors (Lipinski definition) is 15. The molecule has 7 N–H and O–H groups in total. The number of nitrogens with zero attached hydrogens (tertiary/aromatic N) is 6. The topological polar surface area (TPSA) is 284 Å². The molecule has 17 nitrogen and oxygen atoms in total. The Labute approximate surface area is 264 Å². The molecule has 0 amide bonds. The first kappa shape index (κ1) is 32.4. The first-order valence-corrected chi connectivity index (χ1v) is 15.7. The first-order valence-electron chi connectivity index (χ1n) is 12.8. The van der Waals surface area contributed by atoms with Gasteiger partial charge >= 0.3 is 0 Å². The van der Waals surface area contributed by atoms with E-state index in [1.54, 1.807) is 0 Å². The highest BCUT2D eigenvalue weighted by atomic mass is 32.2. The summed E-state index contributed by atoms with van der Waals surface area (Å²) in [6, 6.07) is 15.1. The van der Waals surface area contributed by atoms with Crippen LogP contribution in [-0.2, 0) is 20.2 Å². The molecule has 0 unspecified atom stereocenters. The number of rotatable bonds is 8. The predicted molar refractivity (Wildman–Crippen MR) is 164 cm³/mol. The summed E-state index contributed by atoms with van der Waals surface area (Å²) in [5.41, 5.74) is -1.13. The number of benzene rings is 5. The molecule has 0 bridgehead atoms. The van der Waals surface area contributed by atoms with Crippen molar-refractivity contribution in [2.75, 3.05) is 0 Å². The third-order valence-corrected chi connectivity index (χ3v) is 7.93. The number of aromatic hydroxyl groups is 5. The zero-order valence-corrected chi connectivity index (χ0v) is 24.9. The molecule has 0 spiro atoms. The molecule has 0 aliphatic carbocycles. The van der Waals surface area contributed by atoms with E-state index in [4.69, 9.17) is 0 Å². The average Bonchev–Trinajstić information content (AvgIpc) is 2.98. The van der Waals surface area contributed by atoms with Gasteiger partial charge in [0.25, 0.3) is 20.2 Å². The van der Waals surface area contributed by atoms with Gasteiger partial charge in [0.15, 0.2) is 5.75 Å². The minimum Gasteiger partial charge on any atom is -0.508 e. The second-order valence-corrected chi connectivity index (χ2v) is 12.3. The van der Waals surface area contributed by atoms with Gasteiger partial charge in [-0.15, -0.1) is 20.5 Å². The number of phenols is 5. The lowest BCUT2D eigenvalue weighted by Gasteiger charge is -2.12. The van der Waals surface area contributed by atoms with Gasteiger partial charge in [-0.1, -0.05) is 6.07 Å². The summed E-state index contributed by atoms with van der Waals surface area (Å²) in [6.45, 7) is 0. The molecular formula is C28H20N6O11S2. The van der Waals surface area contributed by atoms with Crippen molar-refractivity contribution < 1.29 is 51.5 Å². The molecule has 0 aliphatic heterocycles. The maximum absolute atomic E-state index is 12.3. The molecule has 19 heteroatoms. The SMILES string of the molecule is O=S(=O)(O)c1cc(N=Nc2ccc(O)cc2O)c2c(O)c(N=Nc3cccc(N=Nc4ccc(O)cc4O)c3)c(S(=O)(=O)O)cc2c1. The van der Waals surface area contributed by atoms with Crippen molar-refractivity contribution in [2.45, 2.75) is 9.79 Å². The normalized spacial score (nSPS) is 12.6. The van der Waals surface area contributed by atoms with Gasteiger partial charge in [-0.05, 0) is 66.0 Å². The van der Waals surface area contributed by atoms with E-state index >= 15 is 0 Å². The maximum Gasteiger partial charge on any atom is 0.296 e. The summed E-state index contributed by atoms with van der Waals surface area (Å²) in [7, 11) is -10.1. The van der Waals surface area contributed by atoms with Crippen LogP contribution >= 0.6 is 0 Å². The van der Waals surface area contributed by atoms with Gasteiger partial charge in [-0.2, -0.15) is 27.1 Å². The van der Waals surface area contributed by atoms with E-state index in [0.717, 1.165) is 30.3 Å². The molecule has 0 saturated carbocycles. The van der Waals surface area contributed by atoms with E-state index < -0.39 is 52.9 Å². The molecule has 5 rings (SSSR count). The molecule has 0 radical (unpaired) electrons. The van der Waals surface area contributed by atoms with Gasteiger partial charge in [0.2, 0.25) is 0 Å². The average molecular weight is 681 g/mol. The summed E-state index contributed by atoms with van der Waals surface area (Å²) in [4.78, 5) is -1.77. The number of phenolic OH excluding ortho intramolecular Hbond substituents is 5. The highest BCUT2D eigenvalue weighted by molar-refractivity contribution is 7.86. The first-order chi connectivity index (χ1) is 22.1. The number of azo groups is 3. The van der Waals surface area contributed by atoms with Crippen molar-refractivity contribution in [3.05, 3.63) is 78.9 Å². The summed E-state index contributed by atoms with van der Waals surface area (Å²) in [5, 5.41) is 72.7. The molecule has 240 valence electrons. The van der Waals surface area contributed by atoms with E-state index in [-0.39, 0.29) is 50.8 Å². The van der Waals surface area contributed by atoms with Gasteiger partial charge < -0.3 is 25.5 Å². The Kier molecular flexibility index (Phi) is 8.54. The Morgan fingerprint density at radius 3 is 1.57 bits per heavy atom. The zero-order chi connectivity index (χ0) is 34.1. The summed E-state index contributed by atoms with van der Waals surface area (Å²) < 4.78 is 68.3. The minimum atomic E-state index is -5.14. The Bertz CT molecular complexity index is 2380. The van der Waals surface area contributed by atoms with Crippen molar-refractivity contribution in [1.29, 1.82) is 0 Å². The molecule has 0 aliphatic rings. The molecule has 0 aromatic heterocycles. The Morgan fingerprint density at radius 2 is 1.04 bits per heavy atom. The molecule has 0 fully saturated rings. The molecule has 5 aromatic carbocycles. The van der Waals surface area contributed by atoms with Crippen LogP contribution in [0.4, 0.5) is 34.1 Å². The fraction of sp³-hybridized carbons (Fsp3) is 0. The standard InChI is InChI=1S/C28H20N6O11S2/c35-17-4-6-20(23(37)11-17)31-29-15-2-1-3-16(10-15)30-34-27-25(47(43,44)45)9-14-8-19(46(40,41)42)13-22(26(14)28(27)39)33-32-21-7-5-18(36)12-24(21)38/h1-13,35-39H,(H,40,41,42)(H,43,44,45). The summed E-state index contributed by atoms with van der Waals surface area (Å²) in [5.74, 6) is -2.27. The van der Waals surface area contributed by atoms with E-state index in [2.05, 4.69) is 30.7 Å². The third-order valence-electron chi connectivity index (χ3n) is 6.23. The highest BCUT2D eigenvalue weighted by Gasteiger charge is 2.25. The van der Waals surface area contributed by atoms with Crippen molar-refractivity contribution >= 4 is 65.1 Å². The van der Waals surface area contributed by atoms with E-state index in [9.17, 15) is 51.5 Å². The fourth-order valence-corrected chi connectivity index (χ4v) is 5.29. The van der Waals surface area contributed by atoms with Crippen LogP contribution in [-0.4, -0.2) is 51.5 Å². The van der Waals surface area contributed by atoms with Gasteiger partial charge in [-0.25, -0.2) is 0 Å². The van der Waals surface area contributed by atoms with Crippen LogP contribution < -0.4 is 0 Å². The van der Waals surface area contributed by atoms with Crippen LogP contribution in [0.5, 0.6) is 28.7 Å². The molecule has 0 atom stereocenters. The maximum atomic E-state index is 12.3. The highest BCUT2D eigenvalue weighted by Crippen LogP contribution is 2.46. The third kappa shape index (κ3) is 7.28. The molecule has 5 aromatic rings. The van der Waals surface area contributed by atoms with Gasteiger partial charge in [0.1, 0.15) is 45.0 Å². The van der Waals surface area contributed by atoms with Crippen molar-refractivity contribution in [3.8, 4) is 28.7 Å². The van der Waals surface area contributed by atoms with E-state index in [1.807, 2.05) is 0 Å². The van der Waals surface area contributed by atoms with Crippen molar-refractivity contribution in [3.63, 3.8) is 0 Å².